The highest BCUT2D eigenvalue weighted by molar-refractivity contribution is 6.03. The van der Waals surface area contributed by atoms with Gasteiger partial charge in [-0.05, 0) is 33.4 Å². The first-order chi connectivity index (χ1) is 10.6. The van der Waals surface area contributed by atoms with Crippen LogP contribution in [0.4, 0.5) is 0 Å². The first-order valence-corrected chi connectivity index (χ1v) is 7.33. The number of rotatable bonds is 6. The lowest BCUT2D eigenvalue weighted by Gasteiger charge is -2.24. The van der Waals surface area contributed by atoms with E-state index in [2.05, 4.69) is 4.98 Å². The number of hydrogen-bond donors (Lipinski definition) is 1. The number of hydrogen-bond acceptors (Lipinski definition) is 5. The Morgan fingerprint density at radius 2 is 1.74 bits per heavy atom. The fourth-order valence-electron chi connectivity index (χ4n) is 2.31. The van der Waals surface area contributed by atoms with Crippen molar-refractivity contribution >= 4 is 17.7 Å². The van der Waals surface area contributed by atoms with Gasteiger partial charge < -0.3 is 14.6 Å². The molecule has 1 aromatic heterocycles. The Balaban J connectivity index is 3.01. The molecule has 0 aliphatic carbocycles. The number of nitrogens with zero attached hydrogens (tertiary/aromatic N) is 2. The summed E-state index contributed by atoms with van der Waals surface area (Å²) in [7, 11) is 6.36. The zero-order valence-electron chi connectivity index (χ0n) is 14.8. The van der Waals surface area contributed by atoms with Gasteiger partial charge in [-0.2, -0.15) is 0 Å². The molecule has 1 rings (SSSR count). The van der Waals surface area contributed by atoms with E-state index in [4.69, 9.17) is 4.74 Å². The van der Waals surface area contributed by atoms with Gasteiger partial charge >= 0.3 is 5.97 Å². The third kappa shape index (κ3) is 3.98. The predicted molar refractivity (Wildman–Crippen MR) is 86.7 cm³/mol. The van der Waals surface area contributed by atoms with Crippen molar-refractivity contribution in [3.63, 3.8) is 0 Å². The summed E-state index contributed by atoms with van der Waals surface area (Å²) in [6.45, 7) is 5.31. The number of H-pyrrole nitrogens is 1. The summed E-state index contributed by atoms with van der Waals surface area (Å²) in [5, 5.41) is 0. The van der Waals surface area contributed by atoms with Gasteiger partial charge in [0, 0.05) is 19.8 Å². The Morgan fingerprint density at radius 3 is 2.22 bits per heavy atom. The summed E-state index contributed by atoms with van der Waals surface area (Å²) < 4.78 is 4.75. The number of ketones is 1. The molecule has 0 saturated heterocycles. The molecule has 1 atom stereocenters. The monoisotopic (exact) mass is 323 g/mol. The summed E-state index contributed by atoms with van der Waals surface area (Å²) in [6, 6.07) is -0.499. The van der Waals surface area contributed by atoms with Crippen LogP contribution in [0.3, 0.4) is 0 Å². The summed E-state index contributed by atoms with van der Waals surface area (Å²) in [5.74, 6) is -0.726. The number of esters is 1. The Morgan fingerprint density at radius 1 is 1.17 bits per heavy atom. The Bertz CT molecular complexity index is 619. The number of nitrogens with one attached hydrogen (secondary N) is 1. The zero-order valence-corrected chi connectivity index (χ0v) is 14.8. The molecular formula is C16H25N3O4. The van der Waals surface area contributed by atoms with E-state index >= 15 is 0 Å². The van der Waals surface area contributed by atoms with E-state index in [1.807, 2.05) is 0 Å². The molecule has 1 heterocycles. The van der Waals surface area contributed by atoms with Crippen molar-refractivity contribution in [3.8, 4) is 0 Å². The summed E-state index contributed by atoms with van der Waals surface area (Å²) in [5.41, 5.74) is 1.92. The van der Waals surface area contributed by atoms with Crippen LogP contribution in [0.25, 0.3) is 0 Å². The number of carbonyl (C=O) groups excluding carboxylic acids is 3. The Kier molecular flexibility index (Phi) is 6.09. The average Bonchev–Trinajstić information content (AvgIpc) is 2.79. The van der Waals surface area contributed by atoms with Crippen molar-refractivity contribution in [1.82, 2.24) is 14.8 Å². The SMILES string of the molecule is COC(=O)c1c(C)[nH]c(C(=O)C(C)N(C)CC(=O)N(C)C)c1C. The highest BCUT2D eigenvalue weighted by Gasteiger charge is 2.28. The number of aromatic nitrogens is 1. The molecule has 7 nitrogen and oxygen atoms in total. The lowest BCUT2D eigenvalue weighted by Crippen LogP contribution is -2.42. The molecule has 1 unspecified atom stereocenters. The van der Waals surface area contributed by atoms with Crippen LogP contribution in [0.1, 0.15) is 39.0 Å². The maximum atomic E-state index is 12.7. The molecule has 0 fully saturated rings. The second kappa shape index (κ2) is 7.41. The molecule has 0 saturated carbocycles. The van der Waals surface area contributed by atoms with Gasteiger partial charge in [-0.1, -0.05) is 0 Å². The largest absolute Gasteiger partial charge is 0.465 e. The van der Waals surface area contributed by atoms with E-state index in [1.54, 1.807) is 46.8 Å². The van der Waals surface area contributed by atoms with E-state index in [9.17, 15) is 14.4 Å². The first-order valence-electron chi connectivity index (χ1n) is 7.33. The number of amides is 1. The van der Waals surface area contributed by atoms with Crippen LogP contribution < -0.4 is 0 Å². The maximum absolute atomic E-state index is 12.7. The fraction of sp³-hybridized carbons (Fsp3) is 0.562. The van der Waals surface area contributed by atoms with Crippen molar-refractivity contribution in [1.29, 1.82) is 0 Å². The lowest BCUT2D eigenvalue weighted by atomic mass is 10.0. The van der Waals surface area contributed by atoms with Gasteiger partial charge in [0.05, 0.1) is 31.0 Å². The van der Waals surface area contributed by atoms with Crippen molar-refractivity contribution in [3.05, 3.63) is 22.5 Å². The predicted octanol–water partition coefficient (Wildman–Crippen LogP) is 1.01. The minimum Gasteiger partial charge on any atom is -0.465 e. The second-order valence-corrected chi connectivity index (χ2v) is 5.86. The smallest absolute Gasteiger partial charge is 0.339 e. The van der Waals surface area contributed by atoms with Gasteiger partial charge in [-0.3, -0.25) is 14.5 Å². The third-order valence-electron chi connectivity index (χ3n) is 4.00. The first kappa shape index (κ1) is 18.9. The molecule has 1 N–H and O–H groups in total. The number of likely N-dealkylation sites (N-methyl/N-ethyl adjacent to an activating group) is 2. The standard InChI is InChI=1S/C16H25N3O4/c1-9-13(16(22)23-7)10(2)17-14(9)15(21)11(3)19(6)8-12(20)18(4)5/h11,17H,8H2,1-7H3. The number of carbonyl (C=O) groups is 3. The molecule has 0 aliphatic heterocycles. The zero-order chi connectivity index (χ0) is 17.9. The van der Waals surface area contributed by atoms with E-state index in [-0.39, 0.29) is 18.2 Å². The summed E-state index contributed by atoms with van der Waals surface area (Å²) >= 11 is 0. The van der Waals surface area contributed by atoms with Crippen LogP contribution in [0.15, 0.2) is 0 Å². The van der Waals surface area contributed by atoms with Gasteiger partial charge in [0.1, 0.15) is 0 Å². The van der Waals surface area contributed by atoms with Gasteiger partial charge in [-0.25, -0.2) is 4.79 Å². The van der Waals surface area contributed by atoms with Crippen LogP contribution in [-0.2, 0) is 9.53 Å². The number of ether oxygens (including phenoxy) is 1. The number of aromatic amines is 1. The quantitative estimate of drug-likeness (QED) is 0.624. The van der Waals surface area contributed by atoms with E-state index in [0.717, 1.165) is 0 Å². The topological polar surface area (TPSA) is 82.7 Å². The minimum atomic E-state index is -0.499. The molecule has 7 heteroatoms. The minimum absolute atomic E-state index is 0.0817. The fourth-order valence-corrected chi connectivity index (χ4v) is 2.31. The Labute approximate surface area is 136 Å². The normalized spacial score (nSPS) is 12.2. The summed E-state index contributed by atoms with van der Waals surface area (Å²) in [4.78, 5) is 42.4. The van der Waals surface area contributed by atoms with Crippen molar-refractivity contribution < 1.29 is 19.1 Å². The molecule has 1 aromatic rings. The van der Waals surface area contributed by atoms with Gasteiger partial charge in [0.15, 0.2) is 5.78 Å². The molecule has 1 amide bonds. The highest BCUT2D eigenvalue weighted by atomic mass is 16.5. The van der Waals surface area contributed by atoms with Gasteiger partial charge in [-0.15, -0.1) is 0 Å². The number of aryl methyl sites for hydroxylation is 1. The van der Waals surface area contributed by atoms with Crippen molar-refractivity contribution in [2.45, 2.75) is 26.8 Å². The highest BCUT2D eigenvalue weighted by Crippen LogP contribution is 2.21. The van der Waals surface area contributed by atoms with E-state index in [0.29, 0.717) is 22.5 Å². The van der Waals surface area contributed by atoms with Crippen LogP contribution in [0.2, 0.25) is 0 Å². The molecular weight excluding hydrogens is 298 g/mol. The average molecular weight is 323 g/mol. The van der Waals surface area contributed by atoms with Crippen LogP contribution >= 0.6 is 0 Å². The third-order valence-corrected chi connectivity index (χ3v) is 4.00. The molecule has 0 radical (unpaired) electrons. The maximum Gasteiger partial charge on any atom is 0.339 e. The van der Waals surface area contributed by atoms with Crippen LogP contribution in [-0.4, -0.2) is 73.3 Å². The molecule has 128 valence electrons. The van der Waals surface area contributed by atoms with Crippen LogP contribution in [0.5, 0.6) is 0 Å². The van der Waals surface area contributed by atoms with Gasteiger partial charge in [0.25, 0.3) is 0 Å². The molecule has 23 heavy (non-hydrogen) atoms. The van der Waals surface area contributed by atoms with E-state index in [1.165, 1.54) is 12.0 Å². The molecule has 0 aliphatic rings. The molecule has 0 bridgehead atoms. The second-order valence-electron chi connectivity index (χ2n) is 5.86. The summed E-state index contributed by atoms with van der Waals surface area (Å²) in [6.07, 6.45) is 0. The van der Waals surface area contributed by atoms with Crippen LogP contribution in [0, 0.1) is 13.8 Å². The van der Waals surface area contributed by atoms with Gasteiger partial charge in [0.2, 0.25) is 5.91 Å². The van der Waals surface area contributed by atoms with Crippen molar-refractivity contribution in [2.24, 2.45) is 0 Å². The molecule has 0 aromatic carbocycles. The molecule has 0 spiro atoms. The number of Topliss-reactive ketones (excluding diaryl/α,β-unsaturated/α-hetero) is 1. The van der Waals surface area contributed by atoms with Crippen molar-refractivity contribution in [2.75, 3.05) is 34.8 Å². The lowest BCUT2D eigenvalue weighted by molar-refractivity contribution is -0.129. The van der Waals surface area contributed by atoms with E-state index < -0.39 is 12.0 Å². The Hall–Kier alpha value is -2.15. The number of methoxy groups -OCH3 is 1.